The van der Waals surface area contributed by atoms with Crippen LogP contribution in [0.4, 0.5) is 15.8 Å². The van der Waals surface area contributed by atoms with Crippen LogP contribution in [0.15, 0.2) is 18.2 Å². The summed E-state index contributed by atoms with van der Waals surface area (Å²) in [4.78, 5) is 10.2. The second kappa shape index (κ2) is 3.84. The lowest BCUT2D eigenvalue weighted by Gasteiger charge is -2.27. The van der Waals surface area contributed by atoms with Crippen molar-refractivity contribution in [3.63, 3.8) is 0 Å². The summed E-state index contributed by atoms with van der Waals surface area (Å²) in [6, 6.07) is 3.72. The predicted molar refractivity (Wildman–Crippen MR) is 54.3 cm³/mol. The lowest BCUT2D eigenvalue weighted by molar-refractivity contribution is -0.384. The first-order valence-corrected chi connectivity index (χ1v) is 4.87. The van der Waals surface area contributed by atoms with E-state index in [2.05, 4.69) is 5.32 Å². The summed E-state index contributed by atoms with van der Waals surface area (Å²) in [6.07, 6.45) is 3.11. The first kappa shape index (κ1) is 9.89. The van der Waals surface area contributed by atoms with Crippen molar-refractivity contribution in [3.8, 4) is 0 Å². The van der Waals surface area contributed by atoms with E-state index in [1.54, 1.807) is 0 Å². The summed E-state index contributed by atoms with van der Waals surface area (Å²) in [5.74, 6) is -0.456. The number of hydrogen-bond donors (Lipinski definition) is 1. The molecule has 0 saturated heterocycles. The Balaban J connectivity index is 2.24. The molecule has 0 radical (unpaired) electrons. The van der Waals surface area contributed by atoms with E-state index in [0.717, 1.165) is 25.3 Å². The molecule has 0 amide bonds. The summed E-state index contributed by atoms with van der Waals surface area (Å²) >= 11 is 0. The van der Waals surface area contributed by atoms with Crippen molar-refractivity contribution in [3.05, 3.63) is 34.1 Å². The standard InChI is InChI=1S/C10H11FN2O2/c11-7-4-5-10(13(14)15)9(6-7)12-8-2-1-3-8/h4-6,8,12H,1-3H2. The molecular weight excluding hydrogens is 199 g/mol. The fourth-order valence-electron chi connectivity index (χ4n) is 1.56. The maximum absolute atomic E-state index is 12.9. The molecule has 80 valence electrons. The van der Waals surface area contributed by atoms with Crippen LogP contribution in [0.25, 0.3) is 0 Å². The number of rotatable bonds is 3. The summed E-state index contributed by atoms with van der Waals surface area (Å²) in [5, 5.41) is 13.7. The van der Waals surface area contributed by atoms with Crippen LogP contribution >= 0.6 is 0 Å². The van der Waals surface area contributed by atoms with E-state index in [-0.39, 0.29) is 17.4 Å². The first-order valence-electron chi connectivity index (χ1n) is 4.87. The number of nitro benzene ring substituents is 1. The molecule has 0 heterocycles. The Morgan fingerprint density at radius 2 is 2.20 bits per heavy atom. The van der Waals surface area contributed by atoms with Gasteiger partial charge in [-0.1, -0.05) is 0 Å². The maximum Gasteiger partial charge on any atom is 0.292 e. The van der Waals surface area contributed by atoms with Crippen molar-refractivity contribution < 1.29 is 9.31 Å². The van der Waals surface area contributed by atoms with Crippen molar-refractivity contribution >= 4 is 11.4 Å². The number of nitro groups is 1. The highest BCUT2D eigenvalue weighted by atomic mass is 19.1. The zero-order valence-electron chi connectivity index (χ0n) is 8.07. The quantitative estimate of drug-likeness (QED) is 0.616. The van der Waals surface area contributed by atoms with Gasteiger partial charge in [0.15, 0.2) is 0 Å². The van der Waals surface area contributed by atoms with Crippen molar-refractivity contribution in [2.24, 2.45) is 0 Å². The number of nitrogens with one attached hydrogen (secondary N) is 1. The van der Waals surface area contributed by atoms with Gasteiger partial charge in [0.05, 0.1) is 4.92 Å². The Hall–Kier alpha value is -1.65. The fraction of sp³-hybridized carbons (Fsp3) is 0.400. The second-order valence-corrected chi connectivity index (χ2v) is 3.69. The van der Waals surface area contributed by atoms with Gasteiger partial charge in [0.2, 0.25) is 0 Å². The van der Waals surface area contributed by atoms with Gasteiger partial charge in [-0.25, -0.2) is 4.39 Å². The minimum atomic E-state index is -0.500. The van der Waals surface area contributed by atoms with Crippen LogP contribution in [-0.4, -0.2) is 11.0 Å². The van der Waals surface area contributed by atoms with Gasteiger partial charge in [0, 0.05) is 18.2 Å². The van der Waals surface area contributed by atoms with E-state index in [1.165, 1.54) is 12.1 Å². The molecule has 1 aliphatic rings. The average molecular weight is 210 g/mol. The van der Waals surface area contributed by atoms with Crippen LogP contribution < -0.4 is 5.32 Å². The summed E-state index contributed by atoms with van der Waals surface area (Å²) in [7, 11) is 0. The summed E-state index contributed by atoms with van der Waals surface area (Å²) in [6.45, 7) is 0. The normalized spacial score (nSPS) is 15.8. The van der Waals surface area contributed by atoms with Gasteiger partial charge in [0.25, 0.3) is 5.69 Å². The minimum Gasteiger partial charge on any atom is -0.377 e. The van der Waals surface area contributed by atoms with Crippen LogP contribution in [0.1, 0.15) is 19.3 Å². The van der Waals surface area contributed by atoms with Crippen molar-refractivity contribution in [1.29, 1.82) is 0 Å². The van der Waals surface area contributed by atoms with Crippen LogP contribution in [0.5, 0.6) is 0 Å². The topological polar surface area (TPSA) is 55.2 Å². The molecule has 0 spiro atoms. The SMILES string of the molecule is O=[N+]([O-])c1ccc(F)cc1NC1CCC1. The molecule has 4 nitrogen and oxygen atoms in total. The zero-order valence-corrected chi connectivity index (χ0v) is 8.07. The van der Waals surface area contributed by atoms with Crippen molar-refractivity contribution in [2.45, 2.75) is 25.3 Å². The Labute approximate surface area is 86.3 Å². The number of halogens is 1. The van der Waals surface area contributed by atoms with Gasteiger partial charge in [-0.15, -0.1) is 0 Å². The highest BCUT2D eigenvalue weighted by molar-refractivity contribution is 5.62. The van der Waals surface area contributed by atoms with Crippen LogP contribution in [0.2, 0.25) is 0 Å². The van der Waals surface area contributed by atoms with Crippen molar-refractivity contribution in [1.82, 2.24) is 0 Å². The van der Waals surface area contributed by atoms with E-state index in [1.807, 2.05) is 0 Å². The molecule has 1 aromatic rings. The molecule has 2 rings (SSSR count). The summed E-state index contributed by atoms with van der Waals surface area (Å²) < 4.78 is 12.9. The van der Waals surface area contributed by atoms with E-state index in [9.17, 15) is 14.5 Å². The Bertz CT molecular complexity index is 391. The fourth-order valence-corrected chi connectivity index (χ4v) is 1.56. The van der Waals surface area contributed by atoms with E-state index < -0.39 is 10.7 Å². The summed E-state index contributed by atoms with van der Waals surface area (Å²) in [5.41, 5.74) is 0.216. The third kappa shape index (κ3) is 2.06. The molecule has 1 saturated carbocycles. The first-order chi connectivity index (χ1) is 7.16. The van der Waals surface area contributed by atoms with Crippen LogP contribution in [0.3, 0.4) is 0 Å². The third-order valence-corrected chi connectivity index (χ3v) is 2.62. The Kier molecular flexibility index (Phi) is 2.53. The molecule has 15 heavy (non-hydrogen) atoms. The molecule has 0 aromatic heterocycles. The Morgan fingerprint density at radius 1 is 1.47 bits per heavy atom. The van der Waals surface area contributed by atoms with Gasteiger partial charge < -0.3 is 5.32 Å². The second-order valence-electron chi connectivity index (χ2n) is 3.69. The Morgan fingerprint density at radius 3 is 2.73 bits per heavy atom. The molecule has 1 N–H and O–H groups in total. The molecule has 1 aliphatic carbocycles. The van der Waals surface area contributed by atoms with Crippen molar-refractivity contribution in [2.75, 3.05) is 5.32 Å². The molecule has 1 aromatic carbocycles. The maximum atomic E-state index is 12.9. The molecule has 0 atom stereocenters. The van der Waals surface area contributed by atoms with Gasteiger partial charge in [-0.2, -0.15) is 0 Å². The van der Waals surface area contributed by atoms with E-state index >= 15 is 0 Å². The zero-order chi connectivity index (χ0) is 10.8. The lowest BCUT2D eigenvalue weighted by atomic mass is 9.93. The van der Waals surface area contributed by atoms with Gasteiger partial charge in [-0.05, 0) is 25.3 Å². The van der Waals surface area contributed by atoms with Gasteiger partial charge >= 0.3 is 0 Å². The largest absolute Gasteiger partial charge is 0.377 e. The molecule has 1 fully saturated rings. The van der Waals surface area contributed by atoms with Gasteiger partial charge in [-0.3, -0.25) is 10.1 Å². The van der Waals surface area contributed by atoms with Gasteiger partial charge in [0.1, 0.15) is 11.5 Å². The number of hydrogen-bond acceptors (Lipinski definition) is 3. The smallest absolute Gasteiger partial charge is 0.292 e. The predicted octanol–water partition coefficient (Wildman–Crippen LogP) is 2.70. The highest BCUT2D eigenvalue weighted by Gasteiger charge is 2.21. The molecule has 5 heteroatoms. The van der Waals surface area contributed by atoms with Crippen LogP contribution in [0, 0.1) is 15.9 Å². The highest BCUT2D eigenvalue weighted by Crippen LogP contribution is 2.29. The molecular formula is C10H11FN2O2. The van der Waals surface area contributed by atoms with Crippen LogP contribution in [-0.2, 0) is 0 Å². The monoisotopic (exact) mass is 210 g/mol. The number of nitrogens with zero attached hydrogens (tertiary/aromatic N) is 1. The number of anilines is 1. The molecule has 0 unspecified atom stereocenters. The number of benzene rings is 1. The van der Waals surface area contributed by atoms with E-state index in [0.29, 0.717) is 0 Å². The average Bonchev–Trinajstić information content (AvgIpc) is 2.11. The third-order valence-electron chi connectivity index (χ3n) is 2.62. The minimum absolute atomic E-state index is 0.0664. The van der Waals surface area contributed by atoms with E-state index in [4.69, 9.17) is 0 Å². The molecule has 0 aliphatic heterocycles. The molecule has 0 bridgehead atoms. The lowest BCUT2D eigenvalue weighted by Crippen LogP contribution is -2.27.